The Morgan fingerprint density at radius 3 is 2.57 bits per heavy atom. The van der Waals surface area contributed by atoms with Gasteiger partial charge >= 0.3 is 0 Å². The van der Waals surface area contributed by atoms with Crippen molar-refractivity contribution in [2.75, 3.05) is 0 Å². The summed E-state index contributed by atoms with van der Waals surface area (Å²) in [5.74, 6) is 0. The van der Waals surface area contributed by atoms with Gasteiger partial charge < -0.3 is 4.43 Å². The van der Waals surface area contributed by atoms with Crippen LogP contribution in [0.2, 0.25) is 12.6 Å². The Kier molecular flexibility index (Phi) is 3.69. The van der Waals surface area contributed by atoms with E-state index >= 15 is 0 Å². The number of carbonyl (C=O) groups is 1. The highest BCUT2D eigenvalue weighted by atomic mass is 28.3. The maximum absolute atomic E-state index is 9.58. The Morgan fingerprint density at radius 2 is 2.43 bits per heavy atom. The summed E-state index contributed by atoms with van der Waals surface area (Å²) in [5.41, 5.74) is 0. The molecule has 0 unspecified atom stereocenters. The number of rotatable bonds is 3. The van der Waals surface area contributed by atoms with Crippen LogP contribution in [0.3, 0.4) is 0 Å². The van der Waals surface area contributed by atoms with Gasteiger partial charge in [-0.15, -0.1) is 0 Å². The van der Waals surface area contributed by atoms with E-state index in [0.29, 0.717) is 6.47 Å². The number of hydrogen-bond donors (Lipinski definition) is 0. The minimum atomic E-state index is -0.748. The van der Waals surface area contributed by atoms with Crippen molar-refractivity contribution in [3.63, 3.8) is 0 Å². The SMILES string of the molecule is CC[Si](C)OC=O. The van der Waals surface area contributed by atoms with E-state index in [1.54, 1.807) is 0 Å². The molecule has 0 bridgehead atoms. The quantitative estimate of drug-likeness (QED) is 0.404. The van der Waals surface area contributed by atoms with Crippen LogP contribution in [0.25, 0.3) is 0 Å². The summed E-state index contributed by atoms with van der Waals surface area (Å²) in [5, 5.41) is 0. The second-order valence-electron chi connectivity index (χ2n) is 1.27. The third kappa shape index (κ3) is 3.52. The highest BCUT2D eigenvalue weighted by Gasteiger charge is 1.98. The maximum atomic E-state index is 9.58. The number of carbonyl (C=O) groups excluding carboxylic acids is 1. The molecule has 3 heteroatoms. The topological polar surface area (TPSA) is 26.3 Å². The summed E-state index contributed by atoms with van der Waals surface area (Å²) in [6, 6.07) is 0.989. The molecule has 0 rings (SSSR count). The van der Waals surface area contributed by atoms with Gasteiger partial charge in [0.2, 0.25) is 0 Å². The summed E-state index contributed by atoms with van der Waals surface area (Å²) in [7, 11) is -0.748. The summed E-state index contributed by atoms with van der Waals surface area (Å²) in [4.78, 5) is 9.58. The minimum Gasteiger partial charge on any atom is -0.520 e. The molecule has 0 fully saturated rings. The first-order chi connectivity index (χ1) is 3.31. The molecule has 1 radical (unpaired) electrons. The average Bonchev–Trinajstić information content (AvgIpc) is 1.68. The lowest BCUT2D eigenvalue weighted by atomic mass is 11.0. The molecule has 0 spiro atoms. The van der Waals surface area contributed by atoms with E-state index in [0.717, 1.165) is 6.04 Å². The van der Waals surface area contributed by atoms with Crippen molar-refractivity contribution in [3.05, 3.63) is 0 Å². The molecule has 0 saturated carbocycles. The van der Waals surface area contributed by atoms with Gasteiger partial charge in [0.25, 0.3) is 15.5 Å². The largest absolute Gasteiger partial charge is 0.520 e. The van der Waals surface area contributed by atoms with Crippen LogP contribution in [-0.2, 0) is 9.22 Å². The Balaban J connectivity index is 2.98. The standard InChI is InChI=1S/C4H9O2Si/c1-3-7(2)6-4-5/h4H,3H2,1-2H3. The lowest BCUT2D eigenvalue weighted by Crippen LogP contribution is -2.08. The van der Waals surface area contributed by atoms with Gasteiger partial charge in [-0.2, -0.15) is 0 Å². The van der Waals surface area contributed by atoms with Crippen molar-refractivity contribution >= 4 is 15.5 Å². The second-order valence-corrected chi connectivity index (χ2v) is 3.62. The Morgan fingerprint density at radius 1 is 1.86 bits per heavy atom. The third-order valence-electron chi connectivity index (χ3n) is 0.747. The Bertz CT molecular complexity index is 55.7. The van der Waals surface area contributed by atoms with Crippen LogP contribution >= 0.6 is 0 Å². The smallest absolute Gasteiger partial charge is 0.280 e. The van der Waals surface area contributed by atoms with Gasteiger partial charge in [-0.25, -0.2) is 0 Å². The molecule has 0 aromatic rings. The van der Waals surface area contributed by atoms with E-state index < -0.39 is 9.04 Å². The van der Waals surface area contributed by atoms with Gasteiger partial charge in [0, 0.05) is 0 Å². The first kappa shape index (κ1) is 6.69. The first-order valence-corrected chi connectivity index (χ1v) is 4.35. The maximum Gasteiger partial charge on any atom is 0.280 e. The van der Waals surface area contributed by atoms with Gasteiger partial charge in [-0.05, 0) is 12.6 Å². The fourth-order valence-corrected chi connectivity index (χ4v) is 0.496. The Labute approximate surface area is 45.2 Å². The fraction of sp³-hybridized carbons (Fsp3) is 0.750. The van der Waals surface area contributed by atoms with Crippen molar-refractivity contribution in [1.29, 1.82) is 0 Å². The molecular formula is C4H9O2Si. The van der Waals surface area contributed by atoms with Crippen LogP contribution in [0.4, 0.5) is 0 Å². The van der Waals surface area contributed by atoms with Gasteiger partial charge in [0.15, 0.2) is 0 Å². The van der Waals surface area contributed by atoms with E-state index in [1.807, 2.05) is 13.5 Å². The number of hydrogen-bond acceptors (Lipinski definition) is 2. The van der Waals surface area contributed by atoms with Crippen LogP contribution in [0.1, 0.15) is 6.92 Å². The molecule has 0 N–H and O–H groups in total. The highest BCUT2D eigenvalue weighted by Crippen LogP contribution is 1.87. The zero-order valence-electron chi connectivity index (χ0n) is 4.60. The molecule has 0 aromatic heterocycles. The van der Waals surface area contributed by atoms with E-state index in [9.17, 15) is 4.79 Å². The lowest BCUT2D eigenvalue weighted by Gasteiger charge is -1.98. The van der Waals surface area contributed by atoms with Crippen LogP contribution in [0.5, 0.6) is 0 Å². The molecule has 0 amide bonds. The predicted molar refractivity (Wildman–Crippen MR) is 29.2 cm³/mol. The second kappa shape index (κ2) is 3.86. The van der Waals surface area contributed by atoms with Crippen molar-refractivity contribution in [3.8, 4) is 0 Å². The van der Waals surface area contributed by atoms with Crippen molar-refractivity contribution in [1.82, 2.24) is 0 Å². The zero-order valence-corrected chi connectivity index (χ0v) is 5.60. The van der Waals surface area contributed by atoms with Gasteiger partial charge in [-0.3, -0.25) is 4.79 Å². The van der Waals surface area contributed by atoms with Gasteiger partial charge in [0.1, 0.15) is 0 Å². The summed E-state index contributed by atoms with van der Waals surface area (Å²) in [6.45, 7) is 4.49. The van der Waals surface area contributed by atoms with Gasteiger partial charge in [0.05, 0.1) is 0 Å². The van der Waals surface area contributed by atoms with E-state index in [4.69, 9.17) is 0 Å². The molecule has 2 nitrogen and oxygen atoms in total. The zero-order chi connectivity index (χ0) is 5.70. The van der Waals surface area contributed by atoms with Crippen LogP contribution in [0, 0.1) is 0 Å². The first-order valence-electron chi connectivity index (χ1n) is 2.24. The molecule has 0 aliphatic rings. The van der Waals surface area contributed by atoms with Gasteiger partial charge in [-0.1, -0.05) is 6.92 Å². The molecular weight excluding hydrogens is 108 g/mol. The molecule has 0 saturated heterocycles. The van der Waals surface area contributed by atoms with Crippen molar-refractivity contribution in [2.45, 2.75) is 19.5 Å². The molecule has 0 atom stereocenters. The highest BCUT2D eigenvalue weighted by molar-refractivity contribution is 6.51. The average molecular weight is 117 g/mol. The molecule has 0 aliphatic heterocycles. The summed E-state index contributed by atoms with van der Waals surface area (Å²) in [6.07, 6.45) is 0. The van der Waals surface area contributed by atoms with E-state index in [-0.39, 0.29) is 0 Å². The normalized spacial score (nSPS) is 9.00. The Hall–Kier alpha value is -0.313. The van der Waals surface area contributed by atoms with E-state index in [2.05, 4.69) is 4.43 Å². The van der Waals surface area contributed by atoms with Crippen LogP contribution < -0.4 is 0 Å². The van der Waals surface area contributed by atoms with E-state index in [1.165, 1.54) is 0 Å². The molecule has 0 heterocycles. The van der Waals surface area contributed by atoms with Crippen LogP contribution in [-0.4, -0.2) is 15.5 Å². The molecule has 0 aromatic carbocycles. The minimum absolute atomic E-state index is 0.526. The summed E-state index contributed by atoms with van der Waals surface area (Å²) < 4.78 is 4.61. The predicted octanol–water partition coefficient (Wildman–Crippen LogP) is 0.801. The fourth-order valence-electron chi connectivity index (χ4n) is 0.165. The summed E-state index contributed by atoms with van der Waals surface area (Å²) >= 11 is 0. The molecule has 0 aliphatic carbocycles. The third-order valence-corrected chi connectivity index (χ3v) is 2.24. The van der Waals surface area contributed by atoms with Crippen molar-refractivity contribution < 1.29 is 9.22 Å². The molecule has 7 heavy (non-hydrogen) atoms. The van der Waals surface area contributed by atoms with Crippen molar-refractivity contribution in [2.24, 2.45) is 0 Å². The molecule has 41 valence electrons. The van der Waals surface area contributed by atoms with Crippen LogP contribution in [0.15, 0.2) is 0 Å². The monoisotopic (exact) mass is 117 g/mol. The lowest BCUT2D eigenvalue weighted by molar-refractivity contribution is -0.121.